The summed E-state index contributed by atoms with van der Waals surface area (Å²) < 4.78 is 10.9. The Morgan fingerprint density at radius 1 is 0.821 bits per heavy atom. The standard InChI is InChI=1S/C23H44O5/c1-2-3-4-5-6-7-8-9-10-11-12-13-14-15-16-17-27-21-19-28-20(18-24)22(25)23(21)26/h15-16,20-26H,2-14,17-19H2,1H3/b16-15+/t20-,21+,22-,23-/m0/s1. The van der Waals surface area contributed by atoms with Gasteiger partial charge in [-0.1, -0.05) is 89.7 Å². The van der Waals surface area contributed by atoms with Crippen LogP contribution in [-0.2, 0) is 9.47 Å². The van der Waals surface area contributed by atoms with Crippen LogP contribution in [-0.4, -0.2) is 59.6 Å². The fraction of sp³-hybridized carbons (Fsp3) is 0.913. The summed E-state index contributed by atoms with van der Waals surface area (Å²) in [4.78, 5) is 0. The first-order valence-corrected chi connectivity index (χ1v) is 11.6. The van der Waals surface area contributed by atoms with Crippen LogP contribution in [0, 0.1) is 0 Å². The molecule has 0 aliphatic carbocycles. The molecule has 0 bridgehead atoms. The third kappa shape index (κ3) is 11.5. The first-order valence-electron chi connectivity index (χ1n) is 11.6. The van der Waals surface area contributed by atoms with E-state index in [4.69, 9.17) is 14.6 Å². The summed E-state index contributed by atoms with van der Waals surface area (Å²) in [7, 11) is 0. The van der Waals surface area contributed by atoms with Crippen LogP contribution < -0.4 is 0 Å². The lowest BCUT2D eigenvalue weighted by molar-refractivity contribution is -0.205. The van der Waals surface area contributed by atoms with Gasteiger partial charge in [0, 0.05) is 0 Å². The lowest BCUT2D eigenvalue weighted by Gasteiger charge is -2.36. The van der Waals surface area contributed by atoms with Crippen molar-refractivity contribution in [2.45, 2.75) is 115 Å². The van der Waals surface area contributed by atoms with Gasteiger partial charge in [0.25, 0.3) is 0 Å². The SMILES string of the molecule is CCCCCCCCCCCCCC/C=C/CO[C@@H]1CO[C@@H](CO)[C@H](O)[C@H]1O. The number of allylic oxidation sites excluding steroid dienone is 1. The molecule has 1 saturated heterocycles. The fourth-order valence-corrected chi connectivity index (χ4v) is 3.63. The van der Waals surface area contributed by atoms with Gasteiger partial charge >= 0.3 is 0 Å². The zero-order chi connectivity index (χ0) is 20.5. The number of rotatable bonds is 17. The van der Waals surface area contributed by atoms with Crippen molar-refractivity contribution < 1.29 is 24.8 Å². The minimum absolute atomic E-state index is 0.191. The minimum atomic E-state index is -1.10. The van der Waals surface area contributed by atoms with E-state index in [0.717, 1.165) is 6.42 Å². The minimum Gasteiger partial charge on any atom is -0.394 e. The summed E-state index contributed by atoms with van der Waals surface area (Å²) in [5.74, 6) is 0. The molecule has 1 fully saturated rings. The van der Waals surface area contributed by atoms with E-state index >= 15 is 0 Å². The Hall–Kier alpha value is -0.460. The molecule has 3 N–H and O–H groups in total. The van der Waals surface area contributed by atoms with Crippen LogP contribution in [0.3, 0.4) is 0 Å². The Bertz CT molecular complexity index is 374. The lowest BCUT2D eigenvalue weighted by Crippen LogP contribution is -2.54. The Labute approximate surface area is 172 Å². The summed E-state index contributed by atoms with van der Waals surface area (Å²) in [5.41, 5.74) is 0. The molecule has 0 saturated carbocycles. The molecule has 5 nitrogen and oxygen atoms in total. The van der Waals surface area contributed by atoms with Crippen molar-refractivity contribution in [1.82, 2.24) is 0 Å². The average Bonchev–Trinajstić information content (AvgIpc) is 2.70. The highest BCUT2D eigenvalue weighted by Gasteiger charge is 2.38. The first kappa shape index (κ1) is 25.6. The number of hydrogen-bond donors (Lipinski definition) is 3. The molecule has 166 valence electrons. The molecule has 0 aromatic heterocycles. The van der Waals surface area contributed by atoms with E-state index in [1.54, 1.807) is 0 Å². The maximum Gasteiger partial charge on any atom is 0.111 e. The van der Waals surface area contributed by atoms with Crippen molar-refractivity contribution in [3.63, 3.8) is 0 Å². The molecule has 0 radical (unpaired) electrons. The smallest absolute Gasteiger partial charge is 0.111 e. The number of aliphatic hydroxyl groups is 3. The molecule has 1 aliphatic heterocycles. The topological polar surface area (TPSA) is 79.2 Å². The molecule has 0 aromatic rings. The molecular weight excluding hydrogens is 356 g/mol. The second-order valence-electron chi connectivity index (χ2n) is 8.06. The van der Waals surface area contributed by atoms with Crippen LogP contribution in [0.1, 0.15) is 90.4 Å². The monoisotopic (exact) mass is 400 g/mol. The van der Waals surface area contributed by atoms with Crippen molar-refractivity contribution in [3.05, 3.63) is 12.2 Å². The predicted molar refractivity (Wildman–Crippen MR) is 113 cm³/mol. The largest absolute Gasteiger partial charge is 0.394 e. The maximum atomic E-state index is 9.97. The Kier molecular flexibility index (Phi) is 15.9. The summed E-state index contributed by atoms with van der Waals surface area (Å²) in [6.45, 7) is 2.56. The van der Waals surface area contributed by atoms with E-state index in [1.807, 2.05) is 6.08 Å². The number of hydrogen-bond acceptors (Lipinski definition) is 5. The zero-order valence-corrected chi connectivity index (χ0v) is 17.9. The fourth-order valence-electron chi connectivity index (χ4n) is 3.63. The zero-order valence-electron chi connectivity index (χ0n) is 17.9. The Balaban J connectivity index is 1.87. The van der Waals surface area contributed by atoms with Gasteiger partial charge in [-0.15, -0.1) is 0 Å². The molecule has 4 atom stereocenters. The maximum absolute atomic E-state index is 9.97. The summed E-state index contributed by atoms with van der Waals surface area (Å²) in [5, 5.41) is 28.8. The highest BCUT2D eigenvalue weighted by molar-refractivity contribution is 4.89. The van der Waals surface area contributed by atoms with Gasteiger partial charge in [0.2, 0.25) is 0 Å². The molecule has 1 heterocycles. The molecule has 0 unspecified atom stereocenters. The van der Waals surface area contributed by atoms with E-state index in [9.17, 15) is 10.2 Å². The molecule has 0 spiro atoms. The van der Waals surface area contributed by atoms with Gasteiger partial charge in [-0.2, -0.15) is 0 Å². The van der Waals surface area contributed by atoms with E-state index in [1.165, 1.54) is 77.0 Å². The van der Waals surface area contributed by atoms with Gasteiger partial charge in [-0.05, 0) is 12.8 Å². The van der Waals surface area contributed by atoms with Crippen LogP contribution in [0.4, 0.5) is 0 Å². The van der Waals surface area contributed by atoms with Crippen molar-refractivity contribution in [2.75, 3.05) is 19.8 Å². The van der Waals surface area contributed by atoms with Crippen molar-refractivity contribution >= 4 is 0 Å². The van der Waals surface area contributed by atoms with E-state index in [-0.39, 0.29) is 13.2 Å². The molecule has 0 aromatic carbocycles. The second-order valence-corrected chi connectivity index (χ2v) is 8.06. The lowest BCUT2D eigenvalue weighted by atomic mass is 10.0. The van der Waals surface area contributed by atoms with Crippen LogP contribution in [0.5, 0.6) is 0 Å². The van der Waals surface area contributed by atoms with Crippen LogP contribution >= 0.6 is 0 Å². The highest BCUT2D eigenvalue weighted by atomic mass is 16.6. The summed E-state index contributed by atoms with van der Waals surface area (Å²) in [6, 6.07) is 0. The van der Waals surface area contributed by atoms with Gasteiger partial charge in [-0.3, -0.25) is 0 Å². The van der Waals surface area contributed by atoms with Crippen molar-refractivity contribution in [1.29, 1.82) is 0 Å². The van der Waals surface area contributed by atoms with Gasteiger partial charge in [-0.25, -0.2) is 0 Å². The van der Waals surface area contributed by atoms with Crippen LogP contribution in [0.25, 0.3) is 0 Å². The highest BCUT2D eigenvalue weighted by Crippen LogP contribution is 2.18. The second kappa shape index (κ2) is 17.4. The quantitative estimate of drug-likeness (QED) is 0.253. The third-order valence-corrected chi connectivity index (χ3v) is 5.56. The molecule has 1 rings (SSSR count). The van der Waals surface area contributed by atoms with E-state index < -0.39 is 24.4 Å². The van der Waals surface area contributed by atoms with Crippen LogP contribution in [0.15, 0.2) is 12.2 Å². The average molecular weight is 401 g/mol. The molecule has 1 aliphatic rings. The van der Waals surface area contributed by atoms with Gasteiger partial charge in [0.15, 0.2) is 0 Å². The molecule has 0 amide bonds. The number of unbranched alkanes of at least 4 members (excludes halogenated alkanes) is 12. The van der Waals surface area contributed by atoms with Gasteiger partial charge in [0.1, 0.15) is 24.4 Å². The van der Waals surface area contributed by atoms with Gasteiger partial charge < -0.3 is 24.8 Å². The van der Waals surface area contributed by atoms with Crippen LogP contribution in [0.2, 0.25) is 0 Å². The third-order valence-electron chi connectivity index (χ3n) is 5.56. The van der Waals surface area contributed by atoms with E-state index in [0.29, 0.717) is 6.61 Å². The van der Waals surface area contributed by atoms with Crippen molar-refractivity contribution in [3.8, 4) is 0 Å². The summed E-state index contributed by atoms with van der Waals surface area (Å²) >= 11 is 0. The summed E-state index contributed by atoms with van der Waals surface area (Å²) in [6.07, 6.45) is 18.1. The Morgan fingerprint density at radius 3 is 1.96 bits per heavy atom. The molecular formula is C23H44O5. The molecule has 5 heteroatoms. The number of ether oxygens (including phenoxy) is 2. The van der Waals surface area contributed by atoms with E-state index in [2.05, 4.69) is 13.0 Å². The predicted octanol–water partition coefficient (Wildman–Crippen LogP) is 4.13. The number of aliphatic hydroxyl groups excluding tert-OH is 3. The van der Waals surface area contributed by atoms with Gasteiger partial charge in [0.05, 0.1) is 19.8 Å². The normalized spacial score (nSPS) is 25.6. The first-order chi connectivity index (χ1) is 13.7. The Morgan fingerprint density at radius 2 is 1.39 bits per heavy atom. The molecule has 28 heavy (non-hydrogen) atoms. The van der Waals surface area contributed by atoms with Crippen molar-refractivity contribution in [2.24, 2.45) is 0 Å².